The van der Waals surface area contributed by atoms with E-state index in [1.54, 1.807) is 19.2 Å². The molecule has 4 nitrogen and oxygen atoms in total. The maximum absolute atomic E-state index is 12.4. The highest BCUT2D eigenvalue weighted by molar-refractivity contribution is 5.96. The summed E-state index contributed by atoms with van der Waals surface area (Å²) in [6.45, 7) is 8.25. The number of halogens is 1. The number of benzene rings is 1. The van der Waals surface area contributed by atoms with Crippen molar-refractivity contribution in [3.63, 3.8) is 0 Å². The number of amides is 1. The Bertz CT molecular complexity index is 545. The van der Waals surface area contributed by atoms with Crippen LogP contribution in [-0.2, 0) is 4.74 Å². The van der Waals surface area contributed by atoms with Gasteiger partial charge in [0.05, 0.1) is 5.60 Å². The molecule has 3 N–H and O–H groups in total. The van der Waals surface area contributed by atoms with Crippen LogP contribution >= 0.6 is 12.4 Å². The monoisotopic (exact) mass is 312 g/mol. The summed E-state index contributed by atoms with van der Waals surface area (Å²) in [6.07, 6.45) is 0.823. The zero-order valence-electron chi connectivity index (χ0n) is 13.3. The predicted octanol–water partition coefficient (Wildman–Crippen LogP) is 2.93. The Morgan fingerprint density at radius 3 is 2.52 bits per heavy atom. The van der Waals surface area contributed by atoms with Gasteiger partial charge in [-0.05, 0) is 38.0 Å². The summed E-state index contributed by atoms with van der Waals surface area (Å²) in [5.41, 5.74) is 7.67. The van der Waals surface area contributed by atoms with E-state index in [-0.39, 0.29) is 35.4 Å². The van der Waals surface area contributed by atoms with Crippen molar-refractivity contribution in [2.45, 2.75) is 45.8 Å². The van der Waals surface area contributed by atoms with Crippen molar-refractivity contribution in [2.24, 2.45) is 5.41 Å². The normalized spacial score (nSPS) is 26.4. The lowest BCUT2D eigenvalue weighted by atomic mass is 9.56. The molecule has 1 amide bonds. The quantitative estimate of drug-likeness (QED) is 0.843. The molecule has 2 atom stereocenters. The van der Waals surface area contributed by atoms with Crippen LogP contribution in [0.5, 0.6) is 0 Å². The number of anilines is 1. The highest BCUT2D eigenvalue weighted by Crippen LogP contribution is 2.51. The summed E-state index contributed by atoms with van der Waals surface area (Å²) in [4.78, 5) is 12.4. The molecule has 0 heterocycles. The summed E-state index contributed by atoms with van der Waals surface area (Å²) in [7, 11) is 1.72. The van der Waals surface area contributed by atoms with E-state index in [4.69, 9.17) is 10.5 Å². The molecule has 0 aromatic heterocycles. The minimum atomic E-state index is -0.185. The molecule has 118 valence electrons. The largest absolute Gasteiger partial charge is 0.399 e. The number of hydrogen-bond donors (Lipinski definition) is 2. The van der Waals surface area contributed by atoms with Crippen LogP contribution in [0.25, 0.3) is 0 Å². The smallest absolute Gasteiger partial charge is 0.251 e. The highest BCUT2D eigenvalue weighted by atomic mass is 35.5. The number of aryl methyl sites for hydroxylation is 1. The lowest BCUT2D eigenvalue weighted by Crippen LogP contribution is -2.68. The van der Waals surface area contributed by atoms with Crippen LogP contribution in [0.4, 0.5) is 5.69 Å². The second kappa shape index (κ2) is 5.85. The summed E-state index contributed by atoms with van der Waals surface area (Å²) < 4.78 is 5.58. The summed E-state index contributed by atoms with van der Waals surface area (Å²) in [5, 5.41) is 3.11. The molecule has 2 rings (SSSR count). The second-order valence-electron chi connectivity index (χ2n) is 6.46. The fourth-order valence-electron chi connectivity index (χ4n) is 2.84. The SMILES string of the molecule is COC1(C)CC(NC(=O)c2cc(N)ccc2C)C1(C)C.Cl. The Hall–Kier alpha value is -1.26. The van der Waals surface area contributed by atoms with Gasteiger partial charge in [-0.25, -0.2) is 0 Å². The van der Waals surface area contributed by atoms with Gasteiger partial charge in [-0.15, -0.1) is 12.4 Å². The molecule has 1 aromatic carbocycles. The first-order valence-electron chi connectivity index (χ1n) is 6.93. The Morgan fingerprint density at radius 2 is 2.00 bits per heavy atom. The highest BCUT2D eigenvalue weighted by Gasteiger charge is 2.58. The number of carbonyl (C=O) groups excluding carboxylic acids is 1. The number of nitrogens with two attached hydrogens (primary N) is 1. The van der Waals surface area contributed by atoms with E-state index in [1.807, 2.05) is 13.0 Å². The van der Waals surface area contributed by atoms with E-state index in [9.17, 15) is 4.79 Å². The van der Waals surface area contributed by atoms with E-state index in [2.05, 4.69) is 26.1 Å². The first-order valence-corrected chi connectivity index (χ1v) is 6.93. The fourth-order valence-corrected chi connectivity index (χ4v) is 2.84. The molecule has 1 aliphatic carbocycles. The van der Waals surface area contributed by atoms with Gasteiger partial charge in [0.2, 0.25) is 0 Å². The van der Waals surface area contributed by atoms with Gasteiger partial charge in [0, 0.05) is 29.8 Å². The standard InChI is InChI=1S/C16H24N2O2.ClH/c1-10-6-7-11(17)8-12(10)14(19)18-13-9-16(4,20-5)15(13,2)3;/h6-8,13H,9,17H2,1-5H3,(H,18,19);1H. The van der Waals surface area contributed by atoms with Crippen molar-refractivity contribution < 1.29 is 9.53 Å². The Balaban J connectivity index is 0.00000220. The van der Waals surface area contributed by atoms with Crippen LogP contribution in [0.3, 0.4) is 0 Å². The number of hydrogen-bond acceptors (Lipinski definition) is 3. The first kappa shape index (κ1) is 17.8. The number of ether oxygens (including phenoxy) is 1. The van der Waals surface area contributed by atoms with Gasteiger partial charge >= 0.3 is 0 Å². The average molecular weight is 313 g/mol. The van der Waals surface area contributed by atoms with E-state index in [1.165, 1.54) is 0 Å². The zero-order chi connectivity index (χ0) is 15.1. The van der Waals surface area contributed by atoms with Gasteiger partial charge in [-0.2, -0.15) is 0 Å². The third-order valence-electron chi connectivity index (χ3n) is 5.09. The van der Waals surface area contributed by atoms with E-state index < -0.39 is 0 Å². The van der Waals surface area contributed by atoms with Gasteiger partial charge in [0.1, 0.15) is 0 Å². The number of nitrogens with one attached hydrogen (secondary N) is 1. The molecule has 1 aliphatic rings. The third kappa shape index (κ3) is 2.87. The van der Waals surface area contributed by atoms with Gasteiger partial charge in [0.25, 0.3) is 5.91 Å². The third-order valence-corrected chi connectivity index (χ3v) is 5.09. The molecule has 0 radical (unpaired) electrons. The van der Waals surface area contributed by atoms with Gasteiger partial charge < -0.3 is 15.8 Å². The Labute approximate surface area is 132 Å². The minimum absolute atomic E-state index is 0. The topological polar surface area (TPSA) is 64.3 Å². The zero-order valence-corrected chi connectivity index (χ0v) is 14.1. The Kier molecular flexibility index (Phi) is 4.96. The molecule has 1 fully saturated rings. The second-order valence-corrected chi connectivity index (χ2v) is 6.46. The molecule has 0 spiro atoms. The van der Waals surface area contributed by atoms with Crippen molar-refractivity contribution in [1.82, 2.24) is 5.32 Å². The van der Waals surface area contributed by atoms with E-state index in [0.29, 0.717) is 11.3 Å². The summed E-state index contributed by atoms with van der Waals surface area (Å²) in [5.74, 6) is -0.0639. The van der Waals surface area contributed by atoms with Crippen LogP contribution in [0, 0.1) is 12.3 Å². The molecule has 0 saturated heterocycles. The average Bonchev–Trinajstić information content (AvgIpc) is 2.40. The van der Waals surface area contributed by atoms with Crippen molar-refractivity contribution >= 4 is 24.0 Å². The van der Waals surface area contributed by atoms with Crippen LogP contribution in [0.1, 0.15) is 43.1 Å². The molecule has 21 heavy (non-hydrogen) atoms. The molecule has 1 aromatic rings. The lowest BCUT2D eigenvalue weighted by molar-refractivity contribution is -0.177. The number of carbonyl (C=O) groups is 1. The van der Waals surface area contributed by atoms with Crippen LogP contribution < -0.4 is 11.1 Å². The Morgan fingerprint density at radius 1 is 1.38 bits per heavy atom. The van der Waals surface area contributed by atoms with E-state index >= 15 is 0 Å². The predicted molar refractivity (Wildman–Crippen MR) is 87.9 cm³/mol. The molecule has 0 aliphatic heterocycles. The maximum atomic E-state index is 12.4. The van der Waals surface area contributed by atoms with Crippen molar-refractivity contribution in [3.05, 3.63) is 29.3 Å². The molecule has 1 saturated carbocycles. The van der Waals surface area contributed by atoms with Crippen LogP contribution in [-0.4, -0.2) is 24.7 Å². The molecular weight excluding hydrogens is 288 g/mol. The minimum Gasteiger partial charge on any atom is -0.399 e. The number of rotatable bonds is 3. The summed E-state index contributed by atoms with van der Waals surface area (Å²) in [6, 6.07) is 5.52. The van der Waals surface area contributed by atoms with Gasteiger partial charge in [-0.3, -0.25) is 4.79 Å². The van der Waals surface area contributed by atoms with Crippen molar-refractivity contribution in [3.8, 4) is 0 Å². The molecular formula is C16H25ClN2O2. The molecule has 0 bridgehead atoms. The van der Waals surface area contributed by atoms with Gasteiger partial charge in [0.15, 0.2) is 0 Å². The number of nitrogen functional groups attached to an aromatic ring is 1. The van der Waals surface area contributed by atoms with Crippen LogP contribution in [0.2, 0.25) is 0 Å². The maximum Gasteiger partial charge on any atom is 0.251 e. The molecule has 2 unspecified atom stereocenters. The first-order chi connectivity index (χ1) is 9.21. The number of methoxy groups -OCH3 is 1. The van der Waals surface area contributed by atoms with Crippen molar-refractivity contribution in [2.75, 3.05) is 12.8 Å². The fraction of sp³-hybridized carbons (Fsp3) is 0.562. The van der Waals surface area contributed by atoms with Crippen LogP contribution in [0.15, 0.2) is 18.2 Å². The van der Waals surface area contributed by atoms with Crippen molar-refractivity contribution in [1.29, 1.82) is 0 Å². The summed E-state index contributed by atoms with van der Waals surface area (Å²) >= 11 is 0. The molecule has 5 heteroatoms. The van der Waals surface area contributed by atoms with E-state index in [0.717, 1.165) is 12.0 Å². The van der Waals surface area contributed by atoms with Gasteiger partial charge in [-0.1, -0.05) is 19.9 Å². The lowest BCUT2D eigenvalue weighted by Gasteiger charge is -2.59.